The van der Waals surface area contributed by atoms with Gasteiger partial charge < -0.3 is 5.11 Å². The van der Waals surface area contributed by atoms with E-state index in [0.29, 0.717) is 0 Å². The number of benzene rings is 1. The molecule has 0 saturated carbocycles. The summed E-state index contributed by atoms with van der Waals surface area (Å²) in [5.41, 5.74) is 0. The molecule has 0 spiro atoms. The van der Waals surface area contributed by atoms with E-state index in [1.165, 1.54) is 0 Å². The van der Waals surface area contributed by atoms with Crippen LogP contribution >= 0.6 is 0 Å². The summed E-state index contributed by atoms with van der Waals surface area (Å²) in [4.78, 5) is -1.71. The van der Waals surface area contributed by atoms with Crippen LogP contribution in [-0.2, 0) is 10.0 Å². The highest BCUT2D eigenvalue weighted by Crippen LogP contribution is 2.26. The fraction of sp³-hybridized carbons (Fsp3) is 0.400. The van der Waals surface area contributed by atoms with Crippen LogP contribution in [0, 0.1) is 17.5 Å². The summed E-state index contributed by atoms with van der Waals surface area (Å²) < 4.78 is 99.8. The first-order valence-electron chi connectivity index (χ1n) is 5.31. The average molecular weight is 337 g/mol. The first-order chi connectivity index (χ1) is 9.49. The Hall–Kier alpha value is -1.33. The van der Waals surface area contributed by atoms with Crippen LogP contribution in [0.1, 0.15) is 0 Å². The number of alkyl halides is 3. The molecule has 21 heavy (non-hydrogen) atoms. The van der Waals surface area contributed by atoms with Gasteiger partial charge in [-0.3, -0.25) is 0 Å². The molecule has 0 saturated heterocycles. The third kappa shape index (κ3) is 4.32. The second kappa shape index (κ2) is 6.20. The van der Waals surface area contributed by atoms with Gasteiger partial charge in [-0.2, -0.15) is 17.5 Å². The molecule has 0 amide bonds. The monoisotopic (exact) mass is 337 g/mol. The van der Waals surface area contributed by atoms with Gasteiger partial charge in [-0.25, -0.2) is 21.6 Å². The van der Waals surface area contributed by atoms with E-state index in [-0.39, 0.29) is 16.4 Å². The highest BCUT2D eigenvalue weighted by atomic mass is 32.2. The molecule has 4 nitrogen and oxygen atoms in total. The second-order valence-electron chi connectivity index (χ2n) is 3.88. The van der Waals surface area contributed by atoms with Gasteiger partial charge in [0.1, 0.15) is 24.0 Å². The third-order valence-corrected chi connectivity index (χ3v) is 4.16. The maximum absolute atomic E-state index is 13.4. The Balaban J connectivity index is 3.36. The van der Waals surface area contributed by atoms with E-state index in [9.17, 15) is 34.8 Å². The number of nitrogens with zero attached hydrogens (tertiary/aromatic N) is 1. The van der Waals surface area contributed by atoms with Gasteiger partial charge >= 0.3 is 6.18 Å². The quantitative estimate of drug-likeness (QED) is 0.832. The van der Waals surface area contributed by atoms with Crippen molar-refractivity contribution < 1.29 is 39.9 Å². The van der Waals surface area contributed by atoms with Gasteiger partial charge in [0.2, 0.25) is 10.0 Å². The summed E-state index contributed by atoms with van der Waals surface area (Å²) >= 11 is 0. The molecule has 1 aromatic carbocycles. The fourth-order valence-corrected chi connectivity index (χ4v) is 3.01. The lowest BCUT2D eigenvalue weighted by molar-refractivity contribution is -0.136. The zero-order valence-electron chi connectivity index (χ0n) is 10.2. The largest absolute Gasteiger partial charge is 0.402 e. The van der Waals surface area contributed by atoms with E-state index < -0.39 is 58.2 Å². The minimum Gasteiger partial charge on any atom is -0.395 e. The minimum absolute atomic E-state index is 0.0285. The number of aliphatic hydroxyl groups excluding tert-OH is 1. The smallest absolute Gasteiger partial charge is 0.395 e. The average Bonchev–Trinajstić information content (AvgIpc) is 2.24. The van der Waals surface area contributed by atoms with Gasteiger partial charge in [0.25, 0.3) is 0 Å². The molecule has 0 unspecified atom stereocenters. The van der Waals surface area contributed by atoms with Gasteiger partial charge in [-0.05, 0) is 0 Å². The van der Waals surface area contributed by atoms with E-state index in [0.717, 1.165) is 0 Å². The van der Waals surface area contributed by atoms with E-state index in [1.807, 2.05) is 0 Å². The summed E-state index contributed by atoms with van der Waals surface area (Å²) in [6, 6.07) is 0.0569. The normalized spacial score (nSPS) is 13.0. The van der Waals surface area contributed by atoms with Gasteiger partial charge in [0.05, 0.1) is 6.61 Å². The summed E-state index contributed by atoms with van der Waals surface area (Å²) in [5, 5.41) is 8.61. The zero-order chi connectivity index (χ0) is 16.4. The molecule has 1 N–H and O–H groups in total. The molecule has 0 bridgehead atoms. The molecular formula is C10H9F6NO3S. The third-order valence-electron chi connectivity index (χ3n) is 2.27. The lowest BCUT2D eigenvalue weighted by atomic mass is 10.3. The maximum Gasteiger partial charge on any atom is 0.402 e. The van der Waals surface area contributed by atoms with E-state index in [1.54, 1.807) is 0 Å². The number of rotatable bonds is 5. The lowest BCUT2D eigenvalue weighted by Crippen LogP contribution is -2.41. The van der Waals surface area contributed by atoms with Gasteiger partial charge in [0.15, 0.2) is 4.90 Å². The van der Waals surface area contributed by atoms with Crippen molar-refractivity contribution in [3.05, 3.63) is 29.6 Å². The van der Waals surface area contributed by atoms with Crippen LogP contribution in [-0.4, -0.2) is 43.7 Å². The van der Waals surface area contributed by atoms with Crippen molar-refractivity contribution in [3.63, 3.8) is 0 Å². The van der Waals surface area contributed by atoms with Crippen molar-refractivity contribution in [2.24, 2.45) is 0 Å². The Labute approximate surface area is 115 Å². The molecule has 1 aromatic rings. The zero-order valence-corrected chi connectivity index (χ0v) is 11.0. The Morgan fingerprint density at radius 2 is 1.57 bits per heavy atom. The van der Waals surface area contributed by atoms with Crippen LogP contribution in [0.25, 0.3) is 0 Å². The summed E-state index contributed by atoms with van der Waals surface area (Å²) in [7, 11) is -5.24. The van der Waals surface area contributed by atoms with Crippen LogP contribution in [0.3, 0.4) is 0 Å². The van der Waals surface area contributed by atoms with E-state index >= 15 is 0 Å². The second-order valence-corrected chi connectivity index (χ2v) is 5.75. The molecule has 0 aliphatic heterocycles. The van der Waals surface area contributed by atoms with Gasteiger partial charge in [0, 0.05) is 18.7 Å². The lowest BCUT2D eigenvalue weighted by Gasteiger charge is -2.23. The Bertz CT molecular complexity index is 593. The van der Waals surface area contributed by atoms with Crippen LogP contribution in [0.2, 0.25) is 0 Å². The molecule has 120 valence electrons. The fourth-order valence-electron chi connectivity index (χ4n) is 1.50. The highest BCUT2D eigenvalue weighted by Gasteiger charge is 2.39. The summed E-state index contributed by atoms with van der Waals surface area (Å²) in [6.07, 6.45) is -4.99. The van der Waals surface area contributed by atoms with Crippen molar-refractivity contribution in [2.45, 2.75) is 11.1 Å². The molecule has 0 aliphatic rings. The van der Waals surface area contributed by atoms with E-state index in [2.05, 4.69) is 0 Å². The Morgan fingerprint density at radius 1 is 1.10 bits per heavy atom. The van der Waals surface area contributed by atoms with Crippen LogP contribution < -0.4 is 0 Å². The summed E-state index contributed by atoms with van der Waals surface area (Å²) in [6.45, 7) is -4.08. The topological polar surface area (TPSA) is 57.6 Å². The van der Waals surface area contributed by atoms with Crippen molar-refractivity contribution in [1.82, 2.24) is 4.31 Å². The number of halogens is 6. The Kier molecular flexibility index (Phi) is 5.23. The molecule has 11 heteroatoms. The van der Waals surface area contributed by atoms with Crippen molar-refractivity contribution >= 4 is 10.0 Å². The first kappa shape index (κ1) is 17.7. The number of hydrogen-bond donors (Lipinski definition) is 1. The van der Waals surface area contributed by atoms with Crippen LogP contribution in [0.15, 0.2) is 17.0 Å². The SMILES string of the molecule is O=S(=O)(c1c(F)cc(F)cc1F)N(CCO)CC(F)(F)F. The molecule has 1 rings (SSSR count). The summed E-state index contributed by atoms with van der Waals surface area (Å²) in [5.74, 6) is -5.15. The Morgan fingerprint density at radius 3 is 1.95 bits per heavy atom. The van der Waals surface area contributed by atoms with Crippen molar-refractivity contribution in [3.8, 4) is 0 Å². The van der Waals surface area contributed by atoms with Crippen molar-refractivity contribution in [1.29, 1.82) is 0 Å². The van der Waals surface area contributed by atoms with Crippen LogP contribution in [0.5, 0.6) is 0 Å². The molecular weight excluding hydrogens is 328 g/mol. The predicted octanol–water partition coefficient (Wildman–Crippen LogP) is 1.65. The molecule has 0 aliphatic carbocycles. The first-order valence-corrected chi connectivity index (χ1v) is 6.75. The van der Waals surface area contributed by atoms with Gasteiger partial charge in [-0.1, -0.05) is 0 Å². The molecule has 0 aromatic heterocycles. The highest BCUT2D eigenvalue weighted by molar-refractivity contribution is 7.89. The van der Waals surface area contributed by atoms with Crippen molar-refractivity contribution in [2.75, 3.05) is 19.7 Å². The molecule has 0 fully saturated rings. The molecule has 0 heterocycles. The molecule has 0 radical (unpaired) electrons. The minimum atomic E-state index is -5.24. The number of hydrogen-bond acceptors (Lipinski definition) is 3. The maximum atomic E-state index is 13.4. The number of aliphatic hydroxyl groups is 1. The molecule has 0 atom stereocenters. The van der Waals surface area contributed by atoms with E-state index in [4.69, 9.17) is 5.11 Å². The number of sulfonamides is 1. The van der Waals surface area contributed by atoms with Crippen LogP contribution in [0.4, 0.5) is 26.3 Å². The standard InChI is InChI=1S/C10H9F6NO3S/c11-6-3-7(12)9(8(13)4-6)21(19,20)17(1-2-18)5-10(14,15)16/h3-4,18H,1-2,5H2. The van der Waals surface area contributed by atoms with Gasteiger partial charge in [-0.15, -0.1) is 0 Å². The predicted molar refractivity (Wildman–Crippen MR) is 58.2 cm³/mol.